The summed E-state index contributed by atoms with van der Waals surface area (Å²) in [6.45, 7) is 5.42. The van der Waals surface area contributed by atoms with E-state index in [-0.39, 0.29) is 0 Å². The largest absolute Gasteiger partial charge is 0.354 e. The number of pyridine rings is 1. The number of hydrogen-bond acceptors (Lipinski definition) is 4. The highest BCUT2D eigenvalue weighted by atomic mass is 32.2. The lowest BCUT2D eigenvalue weighted by molar-refractivity contribution is 0.709. The minimum atomic E-state index is 0.758. The Morgan fingerprint density at radius 2 is 2.47 bits per heavy atom. The predicted molar refractivity (Wildman–Crippen MR) is 75.8 cm³/mol. The Hall–Kier alpha value is -0.740. The van der Waals surface area contributed by atoms with Crippen molar-refractivity contribution in [1.29, 1.82) is 0 Å². The highest BCUT2D eigenvalue weighted by Gasteiger charge is 2.21. The first-order chi connectivity index (χ1) is 8.35. The molecule has 0 spiro atoms. The third-order valence-electron chi connectivity index (χ3n) is 3.13. The topological polar surface area (TPSA) is 28.2 Å². The summed E-state index contributed by atoms with van der Waals surface area (Å²) >= 11 is 2.10. The van der Waals surface area contributed by atoms with Crippen LogP contribution in [0.3, 0.4) is 0 Å². The van der Waals surface area contributed by atoms with E-state index in [1.807, 2.05) is 19.3 Å². The fourth-order valence-corrected chi connectivity index (χ4v) is 3.38. The van der Waals surface area contributed by atoms with Crippen molar-refractivity contribution in [2.24, 2.45) is 0 Å². The molecule has 0 aromatic carbocycles. The second kappa shape index (κ2) is 6.26. The molecule has 0 radical (unpaired) electrons. The molecule has 4 heteroatoms. The summed E-state index contributed by atoms with van der Waals surface area (Å²) in [5, 5.41) is 3.97. The van der Waals surface area contributed by atoms with E-state index in [0.717, 1.165) is 24.9 Å². The van der Waals surface area contributed by atoms with Crippen LogP contribution in [0, 0.1) is 0 Å². The van der Waals surface area contributed by atoms with Crippen molar-refractivity contribution in [3.05, 3.63) is 23.9 Å². The summed E-state index contributed by atoms with van der Waals surface area (Å²) in [5.41, 5.74) is 1.30. The number of hydrogen-bond donors (Lipinski definition) is 1. The molecule has 2 rings (SSSR count). The molecular weight excluding hydrogens is 230 g/mol. The van der Waals surface area contributed by atoms with E-state index in [1.165, 1.54) is 23.6 Å². The fraction of sp³-hybridized carbons (Fsp3) is 0.615. The first kappa shape index (κ1) is 12.7. The molecule has 1 aliphatic heterocycles. The van der Waals surface area contributed by atoms with Crippen molar-refractivity contribution in [2.75, 3.05) is 30.8 Å². The zero-order chi connectivity index (χ0) is 12.1. The molecule has 1 atom stereocenters. The maximum absolute atomic E-state index is 4.57. The van der Waals surface area contributed by atoms with Crippen molar-refractivity contribution < 1.29 is 0 Å². The smallest absolute Gasteiger partial charge is 0.133 e. The molecule has 1 aromatic rings. The van der Waals surface area contributed by atoms with Gasteiger partial charge in [-0.05, 0) is 19.5 Å². The van der Waals surface area contributed by atoms with Gasteiger partial charge in [0.05, 0.1) is 0 Å². The minimum Gasteiger partial charge on any atom is -0.354 e. The maximum Gasteiger partial charge on any atom is 0.133 e. The summed E-state index contributed by atoms with van der Waals surface area (Å²) in [5.74, 6) is 2.38. The SMILES string of the molecule is CCC1CN(c2ncccc2CNC)CCS1. The Morgan fingerprint density at radius 1 is 1.59 bits per heavy atom. The molecule has 0 saturated carbocycles. The van der Waals surface area contributed by atoms with E-state index < -0.39 is 0 Å². The summed E-state index contributed by atoms with van der Waals surface area (Å²) < 4.78 is 0. The standard InChI is InChI=1S/C13H21N3S/c1-3-12-10-16(7-8-17-12)13-11(9-14-2)5-4-6-15-13/h4-6,12,14H,3,7-10H2,1-2H3. The van der Waals surface area contributed by atoms with Crippen molar-refractivity contribution in [1.82, 2.24) is 10.3 Å². The lowest BCUT2D eigenvalue weighted by Crippen LogP contribution is -2.38. The second-order valence-electron chi connectivity index (χ2n) is 4.36. The van der Waals surface area contributed by atoms with Gasteiger partial charge in [0.2, 0.25) is 0 Å². The molecule has 1 unspecified atom stereocenters. The van der Waals surface area contributed by atoms with E-state index in [9.17, 15) is 0 Å². The number of thioether (sulfide) groups is 1. The zero-order valence-electron chi connectivity index (χ0n) is 10.6. The Balaban J connectivity index is 2.15. The first-order valence-electron chi connectivity index (χ1n) is 6.30. The van der Waals surface area contributed by atoms with Crippen LogP contribution in [0.5, 0.6) is 0 Å². The van der Waals surface area contributed by atoms with Gasteiger partial charge in [0.1, 0.15) is 5.82 Å². The maximum atomic E-state index is 4.57. The van der Waals surface area contributed by atoms with Gasteiger partial charge >= 0.3 is 0 Å². The molecule has 1 fully saturated rings. The van der Waals surface area contributed by atoms with Crippen LogP contribution in [0.15, 0.2) is 18.3 Å². The molecule has 3 nitrogen and oxygen atoms in total. The summed E-state index contributed by atoms with van der Waals surface area (Å²) in [6, 6.07) is 4.19. The third kappa shape index (κ3) is 3.13. The highest BCUT2D eigenvalue weighted by molar-refractivity contribution is 8.00. The van der Waals surface area contributed by atoms with Crippen LogP contribution in [0.1, 0.15) is 18.9 Å². The van der Waals surface area contributed by atoms with Crippen LogP contribution in [0.2, 0.25) is 0 Å². The highest BCUT2D eigenvalue weighted by Crippen LogP contribution is 2.26. The van der Waals surface area contributed by atoms with Gasteiger partial charge in [-0.15, -0.1) is 0 Å². The molecule has 1 N–H and O–H groups in total. The van der Waals surface area contributed by atoms with Gasteiger partial charge in [0.15, 0.2) is 0 Å². The lowest BCUT2D eigenvalue weighted by atomic mass is 10.2. The van der Waals surface area contributed by atoms with Crippen LogP contribution in [-0.4, -0.2) is 36.1 Å². The normalized spacial score (nSPS) is 20.6. The molecule has 17 heavy (non-hydrogen) atoms. The molecule has 2 heterocycles. The molecule has 1 aliphatic rings. The Kier molecular flexibility index (Phi) is 4.68. The van der Waals surface area contributed by atoms with E-state index >= 15 is 0 Å². The van der Waals surface area contributed by atoms with Gasteiger partial charge in [0.25, 0.3) is 0 Å². The van der Waals surface area contributed by atoms with E-state index in [0.29, 0.717) is 0 Å². The van der Waals surface area contributed by atoms with Gasteiger partial charge in [-0.1, -0.05) is 13.0 Å². The monoisotopic (exact) mass is 251 g/mol. The lowest BCUT2D eigenvalue weighted by Gasteiger charge is -2.33. The fourth-order valence-electron chi connectivity index (χ4n) is 2.20. The van der Waals surface area contributed by atoms with Crippen molar-refractivity contribution in [2.45, 2.75) is 25.1 Å². The molecule has 1 aromatic heterocycles. The average molecular weight is 251 g/mol. The Bertz CT molecular complexity index is 356. The van der Waals surface area contributed by atoms with Gasteiger partial charge in [0, 0.05) is 42.4 Å². The van der Waals surface area contributed by atoms with Crippen molar-refractivity contribution >= 4 is 17.6 Å². The molecule has 0 aliphatic carbocycles. The summed E-state index contributed by atoms with van der Waals surface area (Å²) in [4.78, 5) is 7.01. The average Bonchev–Trinajstić information content (AvgIpc) is 2.40. The Labute approximate surface area is 108 Å². The van der Waals surface area contributed by atoms with Crippen LogP contribution in [-0.2, 0) is 6.54 Å². The predicted octanol–water partition coefficient (Wildman–Crippen LogP) is 2.13. The third-order valence-corrected chi connectivity index (χ3v) is 4.50. The molecular formula is C13H21N3S. The second-order valence-corrected chi connectivity index (χ2v) is 5.77. The molecule has 94 valence electrons. The first-order valence-corrected chi connectivity index (χ1v) is 7.35. The van der Waals surface area contributed by atoms with Crippen molar-refractivity contribution in [3.8, 4) is 0 Å². The van der Waals surface area contributed by atoms with Crippen LogP contribution in [0.25, 0.3) is 0 Å². The zero-order valence-corrected chi connectivity index (χ0v) is 11.5. The Morgan fingerprint density at radius 3 is 3.24 bits per heavy atom. The number of aromatic nitrogens is 1. The van der Waals surface area contributed by atoms with Gasteiger partial charge in [-0.3, -0.25) is 0 Å². The number of nitrogens with zero attached hydrogens (tertiary/aromatic N) is 2. The van der Waals surface area contributed by atoms with E-state index in [4.69, 9.17) is 0 Å². The number of anilines is 1. The summed E-state index contributed by atoms with van der Waals surface area (Å²) in [7, 11) is 1.98. The minimum absolute atomic E-state index is 0.758. The van der Waals surface area contributed by atoms with Gasteiger partial charge in [-0.2, -0.15) is 11.8 Å². The van der Waals surface area contributed by atoms with E-state index in [2.05, 4.69) is 40.0 Å². The van der Waals surface area contributed by atoms with Crippen LogP contribution in [0.4, 0.5) is 5.82 Å². The van der Waals surface area contributed by atoms with Crippen molar-refractivity contribution in [3.63, 3.8) is 0 Å². The molecule has 1 saturated heterocycles. The van der Waals surface area contributed by atoms with Crippen LogP contribution < -0.4 is 10.2 Å². The van der Waals surface area contributed by atoms with Gasteiger partial charge in [-0.25, -0.2) is 4.98 Å². The van der Waals surface area contributed by atoms with Gasteiger partial charge < -0.3 is 10.2 Å². The van der Waals surface area contributed by atoms with Crippen LogP contribution >= 0.6 is 11.8 Å². The molecule has 0 bridgehead atoms. The summed E-state index contributed by atoms with van der Waals surface area (Å²) in [6.07, 6.45) is 3.15. The molecule has 0 amide bonds. The van der Waals surface area contributed by atoms with E-state index in [1.54, 1.807) is 0 Å². The number of rotatable bonds is 4. The quantitative estimate of drug-likeness (QED) is 0.887. The number of nitrogens with one attached hydrogen (secondary N) is 1.